The number of nitrogens with one attached hydrogen (secondary N) is 2. The highest BCUT2D eigenvalue weighted by Crippen LogP contribution is 2.25. The molecule has 0 atom stereocenters. The maximum atomic E-state index is 13.7. The highest BCUT2D eigenvalue weighted by atomic mass is 79.9. The van der Waals surface area contributed by atoms with E-state index < -0.39 is 23.1 Å². The molecule has 1 heterocycles. The SMILES string of the molecule is O=C(c1ccc(F)cc1F)c1cc2[nH]c(=O)[nH]c2cc1Br. The average Bonchev–Trinajstić information content (AvgIpc) is 2.76. The van der Waals surface area contributed by atoms with Crippen LogP contribution in [-0.4, -0.2) is 15.8 Å². The number of hydrogen-bond acceptors (Lipinski definition) is 2. The van der Waals surface area contributed by atoms with Gasteiger partial charge >= 0.3 is 5.69 Å². The second-order valence-electron chi connectivity index (χ2n) is 4.41. The van der Waals surface area contributed by atoms with E-state index in [2.05, 4.69) is 25.9 Å². The van der Waals surface area contributed by atoms with Crippen molar-refractivity contribution in [3.05, 3.63) is 68.1 Å². The van der Waals surface area contributed by atoms with Gasteiger partial charge in [0.2, 0.25) is 0 Å². The molecule has 21 heavy (non-hydrogen) atoms. The quantitative estimate of drug-likeness (QED) is 0.696. The molecule has 0 spiro atoms. The summed E-state index contributed by atoms with van der Waals surface area (Å²) in [6, 6.07) is 5.73. The van der Waals surface area contributed by atoms with E-state index in [1.165, 1.54) is 6.07 Å². The third-order valence-electron chi connectivity index (χ3n) is 3.02. The number of aromatic amines is 2. The zero-order valence-corrected chi connectivity index (χ0v) is 11.9. The van der Waals surface area contributed by atoms with E-state index in [9.17, 15) is 18.4 Å². The van der Waals surface area contributed by atoms with Crippen LogP contribution in [0.25, 0.3) is 11.0 Å². The summed E-state index contributed by atoms with van der Waals surface area (Å²) >= 11 is 3.21. The molecule has 0 fully saturated rings. The molecule has 0 bridgehead atoms. The monoisotopic (exact) mass is 352 g/mol. The molecule has 0 radical (unpaired) electrons. The lowest BCUT2D eigenvalue weighted by molar-refractivity contribution is 0.103. The first-order chi connectivity index (χ1) is 9.95. The maximum absolute atomic E-state index is 13.7. The van der Waals surface area contributed by atoms with Crippen LogP contribution < -0.4 is 5.69 Å². The van der Waals surface area contributed by atoms with Crippen molar-refractivity contribution in [2.75, 3.05) is 0 Å². The lowest BCUT2D eigenvalue weighted by Crippen LogP contribution is -2.05. The number of benzene rings is 2. The third-order valence-corrected chi connectivity index (χ3v) is 3.68. The Morgan fingerprint density at radius 3 is 2.33 bits per heavy atom. The number of imidazole rings is 1. The number of fused-ring (bicyclic) bond motifs is 1. The van der Waals surface area contributed by atoms with Gasteiger partial charge in [0.1, 0.15) is 11.6 Å². The van der Waals surface area contributed by atoms with Gasteiger partial charge in [-0.05, 0) is 40.2 Å². The van der Waals surface area contributed by atoms with Gasteiger partial charge in [0, 0.05) is 16.1 Å². The first-order valence-corrected chi connectivity index (χ1v) is 6.66. The Bertz CT molecular complexity index is 930. The number of carbonyl (C=O) groups is 1. The summed E-state index contributed by atoms with van der Waals surface area (Å²) in [6.45, 7) is 0. The fourth-order valence-electron chi connectivity index (χ4n) is 2.05. The summed E-state index contributed by atoms with van der Waals surface area (Å²) < 4.78 is 27.0. The molecule has 2 aromatic carbocycles. The molecular formula is C14H7BrF2N2O2. The van der Waals surface area contributed by atoms with Crippen LogP contribution >= 0.6 is 15.9 Å². The normalized spacial score (nSPS) is 11.0. The molecule has 3 aromatic rings. The van der Waals surface area contributed by atoms with Crippen molar-refractivity contribution in [1.29, 1.82) is 0 Å². The average molecular weight is 353 g/mol. The minimum absolute atomic E-state index is 0.170. The van der Waals surface area contributed by atoms with Crippen molar-refractivity contribution >= 4 is 32.7 Å². The summed E-state index contributed by atoms with van der Waals surface area (Å²) in [7, 11) is 0. The molecule has 3 rings (SSSR count). The number of ketones is 1. The fourth-order valence-corrected chi connectivity index (χ4v) is 2.57. The van der Waals surface area contributed by atoms with E-state index >= 15 is 0 Å². The van der Waals surface area contributed by atoms with Crippen LogP contribution in [0.15, 0.2) is 39.6 Å². The van der Waals surface area contributed by atoms with Gasteiger partial charge in [-0.1, -0.05) is 0 Å². The Morgan fingerprint density at radius 2 is 1.67 bits per heavy atom. The highest BCUT2D eigenvalue weighted by molar-refractivity contribution is 9.10. The first kappa shape index (κ1) is 13.7. The standard InChI is InChI=1S/C14H7BrF2N2O2/c15-9-5-12-11(18-14(21)19-12)4-8(9)13(20)7-2-1-6(16)3-10(7)17/h1-5H,(H2,18,19,21). The number of rotatable bonds is 2. The van der Waals surface area contributed by atoms with Crippen molar-refractivity contribution in [1.82, 2.24) is 9.97 Å². The topological polar surface area (TPSA) is 65.7 Å². The van der Waals surface area contributed by atoms with Gasteiger partial charge in [0.05, 0.1) is 16.6 Å². The van der Waals surface area contributed by atoms with Crippen molar-refractivity contribution in [2.45, 2.75) is 0 Å². The molecule has 0 amide bonds. The smallest absolute Gasteiger partial charge is 0.306 e. The Morgan fingerprint density at radius 1 is 1.00 bits per heavy atom. The van der Waals surface area contributed by atoms with Gasteiger partial charge in [-0.2, -0.15) is 0 Å². The van der Waals surface area contributed by atoms with Gasteiger partial charge in [-0.15, -0.1) is 0 Å². The number of carbonyl (C=O) groups excluding carboxylic acids is 1. The van der Waals surface area contributed by atoms with E-state index in [1.807, 2.05) is 0 Å². The summed E-state index contributed by atoms with van der Waals surface area (Å²) in [5, 5.41) is 0. The molecule has 7 heteroatoms. The first-order valence-electron chi connectivity index (χ1n) is 5.87. The Kier molecular flexibility index (Phi) is 3.21. The van der Waals surface area contributed by atoms with Gasteiger partial charge < -0.3 is 9.97 Å². The molecular weight excluding hydrogens is 346 g/mol. The van der Waals surface area contributed by atoms with Crippen molar-refractivity contribution < 1.29 is 13.6 Å². The van der Waals surface area contributed by atoms with E-state index in [0.29, 0.717) is 21.6 Å². The van der Waals surface area contributed by atoms with Crippen LogP contribution in [0.2, 0.25) is 0 Å². The molecule has 0 aliphatic heterocycles. The molecule has 1 aromatic heterocycles. The van der Waals surface area contributed by atoms with Crippen LogP contribution in [0.4, 0.5) is 8.78 Å². The number of hydrogen-bond donors (Lipinski definition) is 2. The second kappa shape index (κ2) is 4.92. The predicted octanol–water partition coefficient (Wildman–Crippen LogP) is 3.13. The highest BCUT2D eigenvalue weighted by Gasteiger charge is 2.18. The zero-order valence-electron chi connectivity index (χ0n) is 10.3. The van der Waals surface area contributed by atoms with E-state index in [0.717, 1.165) is 12.1 Å². The van der Waals surface area contributed by atoms with E-state index in [1.54, 1.807) is 6.07 Å². The van der Waals surface area contributed by atoms with Crippen LogP contribution in [0, 0.1) is 11.6 Å². The zero-order chi connectivity index (χ0) is 15.1. The lowest BCUT2D eigenvalue weighted by atomic mass is 10.0. The summed E-state index contributed by atoms with van der Waals surface area (Å²) in [4.78, 5) is 28.7. The van der Waals surface area contributed by atoms with Crippen molar-refractivity contribution in [2.24, 2.45) is 0 Å². The Hall–Kier alpha value is -2.28. The molecule has 0 aliphatic rings. The van der Waals surface area contributed by atoms with Gasteiger partial charge in [-0.3, -0.25) is 4.79 Å². The van der Waals surface area contributed by atoms with Gasteiger partial charge in [0.15, 0.2) is 5.78 Å². The number of halogens is 3. The molecule has 0 aliphatic carbocycles. The van der Waals surface area contributed by atoms with Crippen molar-refractivity contribution in [3.8, 4) is 0 Å². The summed E-state index contributed by atoms with van der Waals surface area (Å²) in [5.74, 6) is -2.30. The minimum Gasteiger partial charge on any atom is -0.306 e. The maximum Gasteiger partial charge on any atom is 0.323 e. The summed E-state index contributed by atoms with van der Waals surface area (Å²) in [6.07, 6.45) is 0. The minimum atomic E-state index is -0.936. The largest absolute Gasteiger partial charge is 0.323 e. The lowest BCUT2D eigenvalue weighted by Gasteiger charge is -2.05. The van der Waals surface area contributed by atoms with Gasteiger partial charge in [0.25, 0.3) is 0 Å². The van der Waals surface area contributed by atoms with E-state index in [4.69, 9.17) is 0 Å². The fraction of sp³-hybridized carbons (Fsp3) is 0. The van der Waals surface area contributed by atoms with Crippen LogP contribution in [0.1, 0.15) is 15.9 Å². The van der Waals surface area contributed by atoms with Crippen LogP contribution in [-0.2, 0) is 0 Å². The Labute approximate surface area is 124 Å². The third kappa shape index (κ3) is 2.40. The summed E-state index contributed by atoms with van der Waals surface area (Å²) in [5.41, 5.74) is 0.462. The number of aromatic nitrogens is 2. The molecule has 4 nitrogen and oxygen atoms in total. The number of H-pyrrole nitrogens is 2. The van der Waals surface area contributed by atoms with Crippen LogP contribution in [0.3, 0.4) is 0 Å². The molecule has 0 unspecified atom stereocenters. The van der Waals surface area contributed by atoms with Crippen LogP contribution in [0.5, 0.6) is 0 Å². The van der Waals surface area contributed by atoms with Gasteiger partial charge in [-0.25, -0.2) is 13.6 Å². The molecule has 2 N–H and O–H groups in total. The molecule has 0 saturated carbocycles. The van der Waals surface area contributed by atoms with E-state index in [-0.39, 0.29) is 11.1 Å². The predicted molar refractivity (Wildman–Crippen MR) is 76.4 cm³/mol. The van der Waals surface area contributed by atoms with Crippen molar-refractivity contribution in [3.63, 3.8) is 0 Å². The molecule has 0 saturated heterocycles. The second-order valence-corrected chi connectivity index (χ2v) is 5.26. The molecule has 106 valence electrons. The Balaban J connectivity index is 2.16.